The largest absolute Gasteiger partial charge is 0.300 e. The van der Waals surface area contributed by atoms with E-state index < -0.39 is 0 Å². The molecule has 1 aliphatic carbocycles. The number of benzene rings is 1. The lowest BCUT2D eigenvalue weighted by Gasteiger charge is -2.33. The summed E-state index contributed by atoms with van der Waals surface area (Å²) in [6.45, 7) is 6.90. The van der Waals surface area contributed by atoms with Gasteiger partial charge in [-0.05, 0) is 63.1 Å². The van der Waals surface area contributed by atoms with Crippen molar-refractivity contribution < 1.29 is 0 Å². The molecule has 2 heteroatoms. The molecule has 0 spiro atoms. The fourth-order valence-corrected chi connectivity index (χ4v) is 3.27. The van der Waals surface area contributed by atoms with Crippen LogP contribution < -0.4 is 0 Å². The van der Waals surface area contributed by atoms with Gasteiger partial charge < -0.3 is 4.90 Å². The first-order chi connectivity index (χ1) is 9.22. The van der Waals surface area contributed by atoms with E-state index in [1.165, 1.54) is 25.8 Å². The van der Waals surface area contributed by atoms with Crippen molar-refractivity contribution in [3.05, 3.63) is 35.4 Å². The molecule has 0 saturated carbocycles. The fraction of sp³-hybridized carbons (Fsp3) is 0.647. The quantitative estimate of drug-likeness (QED) is 0.696. The van der Waals surface area contributed by atoms with Gasteiger partial charge in [-0.15, -0.1) is 11.6 Å². The molecule has 1 aliphatic rings. The molecule has 0 aliphatic heterocycles. The summed E-state index contributed by atoms with van der Waals surface area (Å²) in [4.78, 5) is 2.59. The molecule has 2 rings (SSSR count). The van der Waals surface area contributed by atoms with Gasteiger partial charge in [-0.25, -0.2) is 0 Å². The molecular formula is C17H26ClN. The molecular weight excluding hydrogens is 254 g/mol. The Morgan fingerprint density at radius 1 is 1.32 bits per heavy atom. The maximum absolute atomic E-state index is 5.85. The minimum Gasteiger partial charge on any atom is -0.300 e. The summed E-state index contributed by atoms with van der Waals surface area (Å²) in [6.07, 6.45) is 5.02. The van der Waals surface area contributed by atoms with Crippen LogP contribution in [0.1, 0.15) is 50.2 Å². The third-order valence-corrected chi connectivity index (χ3v) is 4.53. The Hall–Kier alpha value is -0.530. The Bertz CT molecular complexity index is 389. The normalized spacial score (nSPS) is 18.9. The summed E-state index contributed by atoms with van der Waals surface area (Å²) < 4.78 is 0. The second kappa shape index (κ2) is 7.31. The van der Waals surface area contributed by atoms with Crippen molar-refractivity contribution in [2.45, 2.75) is 51.5 Å². The highest BCUT2D eigenvalue weighted by molar-refractivity contribution is 6.17. The van der Waals surface area contributed by atoms with Gasteiger partial charge in [0.2, 0.25) is 0 Å². The smallest absolute Gasteiger partial charge is 0.0235 e. The Kier molecular flexibility index (Phi) is 5.72. The number of fused-ring (bicyclic) bond motifs is 1. The average Bonchev–Trinajstić information content (AvgIpc) is 2.43. The summed E-state index contributed by atoms with van der Waals surface area (Å²) in [5.41, 5.74) is 3.16. The Balaban J connectivity index is 2.05. The van der Waals surface area contributed by atoms with Gasteiger partial charge in [0.1, 0.15) is 0 Å². The van der Waals surface area contributed by atoms with E-state index >= 15 is 0 Å². The van der Waals surface area contributed by atoms with Crippen LogP contribution in [-0.2, 0) is 6.42 Å². The highest BCUT2D eigenvalue weighted by atomic mass is 35.5. The average molecular weight is 280 g/mol. The predicted octanol–water partition coefficient (Wildman–Crippen LogP) is 4.45. The van der Waals surface area contributed by atoms with Gasteiger partial charge in [0.05, 0.1) is 0 Å². The zero-order valence-corrected chi connectivity index (χ0v) is 13.0. The van der Waals surface area contributed by atoms with Crippen LogP contribution in [0.15, 0.2) is 24.3 Å². The Morgan fingerprint density at radius 2 is 2.11 bits per heavy atom. The minimum atomic E-state index is 0.609. The number of aryl methyl sites for hydroxylation is 1. The maximum Gasteiger partial charge on any atom is 0.0235 e. The van der Waals surface area contributed by atoms with Crippen molar-refractivity contribution >= 4 is 11.6 Å². The van der Waals surface area contributed by atoms with E-state index in [4.69, 9.17) is 11.6 Å². The highest BCUT2D eigenvalue weighted by Gasteiger charge is 2.22. The van der Waals surface area contributed by atoms with Gasteiger partial charge >= 0.3 is 0 Å². The first-order valence-electron chi connectivity index (χ1n) is 7.60. The molecule has 0 aromatic heterocycles. The van der Waals surface area contributed by atoms with Gasteiger partial charge in [-0.3, -0.25) is 0 Å². The summed E-state index contributed by atoms with van der Waals surface area (Å²) in [5.74, 6) is 1.48. The van der Waals surface area contributed by atoms with Crippen molar-refractivity contribution in [2.24, 2.45) is 0 Å². The Labute approximate surface area is 123 Å². The van der Waals surface area contributed by atoms with Crippen LogP contribution in [0.3, 0.4) is 0 Å². The molecule has 1 aromatic carbocycles. The number of hydrogen-bond acceptors (Lipinski definition) is 1. The molecule has 0 bridgehead atoms. The van der Waals surface area contributed by atoms with Gasteiger partial charge in [-0.1, -0.05) is 24.3 Å². The summed E-state index contributed by atoms with van der Waals surface area (Å²) in [7, 11) is 0. The standard InChI is InChI=1S/C17H26ClN/c1-14(2)19(12-6-11-18)13-16-9-5-8-15-7-3-4-10-17(15)16/h3-4,7,10,14,16H,5-6,8-9,11-13H2,1-2H3. The van der Waals surface area contributed by atoms with Gasteiger partial charge in [0.15, 0.2) is 0 Å². The lowest BCUT2D eigenvalue weighted by molar-refractivity contribution is 0.202. The minimum absolute atomic E-state index is 0.609. The van der Waals surface area contributed by atoms with E-state index in [9.17, 15) is 0 Å². The molecule has 0 radical (unpaired) electrons. The van der Waals surface area contributed by atoms with Crippen LogP contribution in [0.4, 0.5) is 0 Å². The second-order valence-corrected chi connectivity index (χ2v) is 6.30. The molecule has 1 unspecified atom stereocenters. The molecule has 0 heterocycles. The van der Waals surface area contributed by atoms with E-state index in [0.717, 1.165) is 18.8 Å². The maximum atomic E-state index is 5.85. The van der Waals surface area contributed by atoms with Gasteiger partial charge in [0.25, 0.3) is 0 Å². The number of hydrogen-bond donors (Lipinski definition) is 0. The van der Waals surface area contributed by atoms with Crippen LogP contribution in [0.5, 0.6) is 0 Å². The van der Waals surface area contributed by atoms with Crippen molar-refractivity contribution in [1.82, 2.24) is 4.90 Å². The van der Waals surface area contributed by atoms with E-state index in [2.05, 4.69) is 43.0 Å². The van der Waals surface area contributed by atoms with E-state index in [-0.39, 0.29) is 0 Å². The number of rotatable bonds is 6. The third kappa shape index (κ3) is 3.97. The van der Waals surface area contributed by atoms with E-state index in [1.807, 2.05) is 0 Å². The molecule has 19 heavy (non-hydrogen) atoms. The van der Waals surface area contributed by atoms with E-state index in [0.29, 0.717) is 12.0 Å². The van der Waals surface area contributed by atoms with Crippen molar-refractivity contribution in [2.75, 3.05) is 19.0 Å². The highest BCUT2D eigenvalue weighted by Crippen LogP contribution is 2.32. The number of nitrogens with zero attached hydrogens (tertiary/aromatic N) is 1. The SMILES string of the molecule is CC(C)N(CCCCl)CC1CCCc2ccccc21. The van der Waals surface area contributed by atoms with Crippen molar-refractivity contribution in [3.8, 4) is 0 Å². The monoisotopic (exact) mass is 279 g/mol. The fourth-order valence-electron chi connectivity index (χ4n) is 3.15. The van der Waals surface area contributed by atoms with E-state index in [1.54, 1.807) is 11.1 Å². The zero-order chi connectivity index (χ0) is 13.7. The second-order valence-electron chi connectivity index (χ2n) is 5.92. The first-order valence-corrected chi connectivity index (χ1v) is 8.13. The van der Waals surface area contributed by atoms with Crippen molar-refractivity contribution in [3.63, 3.8) is 0 Å². The van der Waals surface area contributed by atoms with Gasteiger partial charge in [-0.2, -0.15) is 0 Å². The lowest BCUT2D eigenvalue weighted by Crippen LogP contribution is -2.36. The summed E-state index contributed by atoms with van der Waals surface area (Å²) >= 11 is 5.85. The summed E-state index contributed by atoms with van der Waals surface area (Å²) in [5, 5.41) is 0. The van der Waals surface area contributed by atoms with Crippen LogP contribution in [0.2, 0.25) is 0 Å². The topological polar surface area (TPSA) is 3.24 Å². The van der Waals surface area contributed by atoms with Crippen LogP contribution in [-0.4, -0.2) is 29.9 Å². The molecule has 0 saturated heterocycles. The molecule has 106 valence electrons. The lowest BCUT2D eigenvalue weighted by atomic mass is 9.82. The molecule has 1 aromatic rings. The molecule has 0 fully saturated rings. The van der Waals surface area contributed by atoms with Crippen LogP contribution in [0.25, 0.3) is 0 Å². The van der Waals surface area contributed by atoms with Crippen molar-refractivity contribution in [1.29, 1.82) is 0 Å². The molecule has 1 nitrogen and oxygen atoms in total. The Morgan fingerprint density at radius 3 is 2.84 bits per heavy atom. The van der Waals surface area contributed by atoms with Crippen LogP contribution >= 0.6 is 11.6 Å². The predicted molar refractivity (Wildman–Crippen MR) is 84.2 cm³/mol. The molecule has 1 atom stereocenters. The zero-order valence-electron chi connectivity index (χ0n) is 12.2. The molecule has 0 N–H and O–H groups in total. The number of alkyl halides is 1. The van der Waals surface area contributed by atoms with Crippen LogP contribution in [0, 0.1) is 0 Å². The summed E-state index contributed by atoms with van der Waals surface area (Å²) in [6, 6.07) is 9.61. The first kappa shape index (κ1) is 14.9. The molecule has 0 amide bonds. The number of halogens is 1. The third-order valence-electron chi connectivity index (χ3n) is 4.26. The van der Waals surface area contributed by atoms with Gasteiger partial charge in [0, 0.05) is 18.5 Å².